The van der Waals surface area contributed by atoms with Crippen LogP contribution in [0.5, 0.6) is 0 Å². The fraction of sp³-hybridized carbons (Fsp3) is 0.308. The number of nitrogen functional groups attached to an aromatic ring is 1. The van der Waals surface area contributed by atoms with Crippen LogP contribution in [0.2, 0.25) is 0 Å². The molecule has 98 valence electrons. The van der Waals surface area contributed by atoms with Crippen LogP contribution in [-0.2, 0) is 6.54 Å². The lowest BCUT2D eigenvalue weighted by atomic mass is 10.3. The Morgan fingerprint density at radius 3 is 2.79 bits per heavy atom. The molecule has 5 nitrogen and oxygen atoms in total. The standard InChI is InChI=1S/C13H14N4OS/c14-12-6-5-11(15-16-12)13(18)17(9-3-4-9)8-10-2-1-7-19-10/h1-2,5-7,9H,3-4,8H2,(H2,14,16). The normalized spacial score (nSPS) is 14.3. The first-order valence-electron chi connectivity index (χ1n) is 6.16. The van der Waals surface area contributed by atoms with Crippen molar-refractivity contribution in [1.82, 2.24) is 15.1 Å². The molecule has 0 aliphatic heterocycles. The van der Waals surface area contributed by atoms with Gasteiger partial charge in [0.25, 0.3) is 5.91 Å². The molecule has 6 heteroatoms. The van der Waals surface area contributed by atoms with Gasteiger partial charge in [-0.05, 0) is 36.4 Å². The summed E-state index contributed by atoms with van der Waals surface area (Å²) in [5.74, 6) is 0.260. The summed E-state index contributed by atoms with van der Waals surface area (Å²) in [6.45, 7) is 0.646. The van der Waals surface area contributed by atoms with Crippen molar-refractivity contribution in [2.24, 2.45) is 0 Å². The average Bonchev–Trinajstić information content (AvgIpc) is 3.13. The summed E-state index contributed by atoms with van der Waals surface area (Å²) < 4.78 is 0. The molecule has 0 unspecified atom stereocenters. The summed E-state index contributed by atoms with van der Waals surface area (Å²) in [5.41, 5.74) is 5.85. The van der Waals surface area contributed by atoms with E-state index < -0.39 is 0 Å². The zero-order valence-corrected chi connectivity index (χ0v) is 11.1. The van der Waals surface area contributed by atoms with Gasteiger partial charge < -0.3 is 10.6 Å². The maximum atomic E-state index is 12.5. The quantitative estimate of drug-likeness (QED) is 0.924. The van der Waals surface area contributed by atoms with Gasteiger partial charge in [-0.2, -0.15) is 0 Å². The second-order valence-electron chi connectivity index (χ2n) is 4.59. The first-order valence-corrected chi connectivity index (χ1v) is 7.04. The Hall–Kier alpha value is -1.95. The van der Waals surface area contributed by atoms with E-state index in [1.807, 2.05) is 22.4 Å². The Morgan fingerprint density at radius 1 is 1.37 bits per heavy atom. The molecule has 0 saturated heterocycles. The molecule has 1 amide bonds. The van der Waals surface area contributed by atoms with Crippen LogP contribution in [-0.4, -0.2) is 27.0 Å². The van der Waals surface area contributed by atoms with E-state index in [-0.39, 0.29) is 5.91 Å². The minimum absolute atomic E-state index is 0.0663. The zero-order chi connectivity index (χ0) is 13.2. The molecule has 2 N–H and O–H groups in total. The van der Waals surface area contributed by atoms with Gasteiger partial charge in [0.05, 0.1) is 6.54 Å². The van der Waals surface area contributed by atoms with Crippen LogP contribution in [0.1, 0.15) is 28.2 Å². The minimum Gasteiger partial charge on any atom is -0.382 e. The first kappa shape index (κ1) is 12.1. The Labute approximate surface area is 115 Å². The molecular weight excluding hydrogens is 260 g/mol. The summed E-state index contributed by atoms with van der Waals surface area (Å²) in [4.78, 5) is 15.5. The van der Waals surface area contributed by atoms with E-state index >= 15 is 0 Å². The predicted molar refractivity (Wildman–Crippen MR) is 73.7 cm³/mol. The minimum atomic E-state index is -0.0663. The van der Waals surface area contributed by atoms with Gasteiger partial charge in [-0.1, -0.05) is 6.07 Å². The molecule has 2 heterocycles. The highest BCUT2D eigenvalue weighted by Crippen LogP contribution is 2.30. The number of carbonyl (C=O) groups is 1. The highest BCUT2D eigenvalue weighted by molar-refractivity contribution is 7.09. The fourth-order valence-corrected chi connectivity index (χ4v) is 2.63. The maximum absolute atomic E-state index is 12.5. The second-order valence-corrected chi connectivity index (χ2v) is 5.62. The molecule has 1 aliphatic rings. The van der Waals surface area contributed by atoms with Crippen LogP contribution >= 0.6 is 11.3 Å². The highest BCUT2D eigenvalue weighted by atomic mass is 32.1. The third-order valence-electron chi connectivity index (χ3n) is 3.06. The molecule has 1 saturated carbocycles. The van der Waals surface area contributed by atoms with Crippen LogP contribution < -0.4 is 5.73 Å². The van der Waals surface area contributed by atoms with Crippen LogP contribution in [0.25, 0.3) is 0 Å². The van der Waals surface area contributed by atoms with Gasteiger partial charge in [0.2, 0.25) is 0 Å². The SMILES string of the molecule is Nc1ccc(C(=O)N(Cc2cccs2)C2CC2)nn1. The zero-order valence-electron chi connectivity index (χ0n) is 10.3. The summed E-state index contributed by atoms with van der Waals surface area (Å²) >= 11 is 1.66. The van der Waals surface area contributed by atoms with E-state index in [1.54, 1.807) is 23.5 Å². The van der Waals surface area contributed by atoms with E-state index in [4.69, 9.17) is 5.73 Å². The first-order chi connectivity index (χ1) is 9.24. The van der Waals surface area contributed by atoms with E-state index in [2.05, 4.69) is 10.2 Å². The number of thiophene rings is 1. The van der Waals surface area contributed by atoms with Crippen molar-refractivity contribution in [2.45, 2.75) is 25.4 Å². The van der Waals surface area contributed by atoms with Gasteiger partial charge in [-0.15, -0.1) is 21.5 Å². The lowest BCUT2D eigenvalue weighted by molar-refractivity contribution is 0.0724. The number of anilines is 1. The summed E-state index contributed by atoms with van der Waals surface area (Å²) in [6.07, 6.45) is 2.14. The smallest absolute Gasteiger partial charge is 0.274 e. The molecule has 1 aliphatic carbocycles. The molecule has 3 rings (SSSR count). The van der Waals surface area contributed by atoms with Crippen LogP contribution in [0.4, 0.5) is 5.82 Å². The topological polar surface area (TPSA) is 72.1 Å². The van der Waals surface area contributed by atoms with E-state index in [0.29, 0.717) is 24.1 Å². The number of aromatic nitrogens is 2. The number of rotatable bonds is 4. The molecule has 19 heavy (non-hydrogen) atoms. The number of carbonyl (C=O) groups excluding carboxylic acids is 1. The van der Waals surface area contributed by atoms with Crippen molar-refractivity contribution >= 4 is 23.1 Å². The summed E-state index contributed by atoms with van der Waals surface area (Å²) in [6, 6.07) is 7.62. The lowest BCUT2D eigenvalue weighted by Crippen LogP contribution is -2.33. The van der Waals surface area contributed by atoms with E-state index in [9.17, 15) is 4.79 Å². The molecule has 0 bridgehead atoms. The van der Waals surface area contributed by atoms with Gasteiger partial charge >= 0.3 is 0 Å². The van der Waals surface area contributed by atoms with Gasteiger partial charge in [0.1, 0.15) is 5.82 Å². The van der Waals surface area contributed by atoms with Crippen molar-refractivity contribution in [3.05, 3.63) is 40.2 Å². The Balaban J connectivity index is 1.79. The number of amides is 1. The summed E-state index contributed by atoms with van der Waals surface area (Å²) in [5, 5.41) is 9.64. The van der Waals surface area contributed by atoms with Gasteiger partial charge in [0, 0.05) is 10.9 Å². The Morgan fingerprint density at radius 2 is 2.21 bits per heavy atom. The molecule has 2 aromatic heterocycles. The van der Waals surface area contributed by atoms with Crippen molar-refractivity contribution in [3.63, 3.8) is 0 Å². The Kier molecular flexibility index (Phi) is 3.16. The second kappa shape index (κ2) is 4.97. The van der Waals surface area contributed by atoms with Crippen LogP contribution in [0.15, 0.2) is 29.6 Å². The lowest BCUT2D eigenvalue weighted by Gasteiger charge is -2.21. The molecule has 0 spiro atoms. The Bertz CT molecular complexity index is 563. The third kappa shape index (κ3) is 2.73. The maximum Gasteiger partial charge on any atom is 0.274 e. The largest absolute Gasteiger partial charge is 0.382 e. The monoisotopic (exact) mass is 274 g/mol. The average molecular weight is 274 g/mol. The van der Waals surface area contributed by atoms with Crippen LogP contribution in [0.3, 0.4) is 0 Å². The van der Waals surface area contributed by atoms with E-state index in [1.165, 1.54) is 4.88 Å². The molecule has 2 aromatic rings. The number of hydrogen-bond donors (Lipinski definition) is 1. The van der Waals surface area contributed by atoms with E-state index in [0.717, 1.165) is 12.8 Å². The van der Waals surface area contributed by atoms with Gasteiger partial charge in [0.15, 0.2) is 5.69 Å². The molecule has 1 fully saturated rings. The predicted octanol–water partition coefficient (Wildman–Crippen LogP) is 1.93. The fourth-order valence-electron chi connectivity index (χ4n) is 1.93. The van der Waals surface area contributed by atoms with Crippen molar-refractivity contribution in [1.29, 1.82) is 0 Å². The molecule has 0 atom stereocenters. The highest BCUT2D eigenvalue weighted by Gasteiger charge is 2.33. The van der Waals surface area contributed by atoms with Crippen molar-refractivity contribution in [2.75, 3.05) is 5.73 Å². The number of nitrogens with two attached hydrogens (primary N) is 1. The third-order valence-corrected chi connectivity index (χ3v) is 3.92. The molecule has 0 radical (unpaired) electrons. The van der Waals surface area contributed by atoms with Crippen molar-refractivity contribution in [3.8, 4) is 0 Å². The van der Waals surface area contributed by atoms with Crippen LogP contribution in [0, 0.1) is 0 Å². The molecular formula is C13H14N4OS. The summed E-state index contributed by atoms with van der Waals surface area (Å²) in [7, 11) is 0. The van der Waals surface area contributed by atoms with Gasteiger partial charge in [-0.25, -0.2) is 0 Å². The molecule has 0 aromatic carbocycles. The van der Waals surface area contributed by atoms with Gasteiger partial charge in [-0.3, -0.25) is 4.79 Å². The van der Waals surface area contributed by atoms with Crippen molar-refractivity contribution < 1.29 is 4.79 Å². The number of nitrogens with zero attached hydrogens (tertiary/aromatic N) is 3. The number of hydrogen-bond acceptors (Lipinski definition) is 5.